The minimum atomic E-state index is -0.391. The highest BCUT2D eigenvalue weighted by Gasteiger charge is 2.46. The van der Waals surface area contributed by atoms with E-state index in [9.17, 15) is 10.1 Å². The van der Waals surface area contributed by atoms with Crippen LogP contribution in [0, 0.1) is 10.1 Å². The van der Waals surface area contributed by atoms with Crippen molar-refractivity contribution in [3.63, 3.8) is 0 Å². The average Bonchev–Trinajstić information content (AvgIpc) is 2.49. The smallest absolute Gasteiger partial charge is 0.271 e. The molecule has 1 aromatic carbocycles. The Morgan fingerprint density at radius 1 is 1.40 bits per heavy atom. The number of nitro benzene ring substituents is 1. The fraction of sp³-hybridized carbons (Fsp3) is 0.571. The molecule has 0 amide bonds. The summed E-state index contributed by atoms with van der Waals surface area (Å²) in [5.74, 6) is 0. The van der Waals surface area contributed by atoms with Crippen LogP contribution < -0.4 is 5.32 Å². The Morgan fingerprint density at radius 2 is 2.05 bits per heavy atom. The Labute approximate surface area is 127 Å². The lowest BCUT2D eigenvalue weighted by atomic mass is 9.94. The van der Waals surface area contributed by atoms with E-state index in [1.807, 2.05) is 13.8 Å². The molecule has 1 unspecified atom stereocenters. The zero-order valence-electron chi connectivity index (χ0n) is 12.1. The highest BCUT2D eigenvalue weighted by molar-refractivity contribution is 9.10. The number of nitro groups is 1. The van der Waals surface area contributed by atoms with Crippen molar-refractivity contribution in [3.8, 4) is 0 Å². The van der Waals surface area contributed by atoms with Crippen LogP contribution in [0.3, 0.4) is 0 Å². The van der Waals surface area contributed by atoms with Crippen LogP contribution in [0.2, 0.25) is 0 Å². The third kappa shape index (κ3) is 3.12. The van der Waals surface area contributed by atoms with E-state index < -0.39 is 4.92 Å². The second-order valence-corrected chi connectivity index (χ2v) is 7.14. The van der Waals surface area contributed by atoms with Crippen LogP contribution >= 0.6 is 15.9 Å². The topological polar surface area (TPSA) is 64.4 Å². The summed E-state index contributed by atoms with van der Waals surface area (Å²) < 4.78 is 6.84. The third-order valence-electron chi connectivity index (χ3n) is 3.56. The first-order valence-electron chi connectivity index (χ1n) is 6.51. The van der Waals surface area contributed by atoms with Gasteiger partial charge in [-0.25, -0.2) is 0 Å². The summed E-state index contributed by atoms with van der Waals surface area (Å²) in [6.07, 6.45) is 0.842. The Hall–Kier alpha value is -1.14. The molecule has 5 nitrogen and oxygen atoms in total. The molecule has 6 heteroatoms. The number of nitrogens with one attached hydrogen (secondary N) is 1. The number of benzene rings is 1. The van der Waals surface area contributed by atoms with E-state index in [0.717, 1.165) is 16.6 Å². The van der Waals surface area contributed by atoms with Gasteiger partial charge in [0.15, 0.2) is 0 Å². The van der Waals surface area contributed by atoms with Gasteiger partial charge >= 0.3 is 0 Å². The average molecular weight is 343 g/mol. The number of rotatable bonds is 3. The number of nitrogens with zero attached hydrogens (tertiary/aromatic N) is 1. The van der Waals surface area contributed by atoms with Crippen molar-refractivity contribution in [3.05, 3.63) is 32.8 Å². The molecule has 1 N–H and O–H groups in total. The molecule has 110 valence electrons. The van der Waals surface area contributed by atoms with E-state index in [0.29, 0.717) is 0 Å². The van der Waals surface area contributed by atoms with Crippen molar-refractivity contribution in [2.75, 3.05) is 5.32 Å². The highest BCUT2D eigenvalue weighted by atomic mass is 79.9. The number of non-ortho nitro benzene ring substituents is 1. The zero-order valence-corrected chi connectivity index (χ0v) is 13.7. The molecule has 1 aliphatic rings. The second kappa shape index (κ2) is 5.00. The van der Waals surface area contributed by atoms with Gasteiger partial charge in [-0.05, 0) is 56.1 Å². The first kappa shape index (κ1) is 15.3. The molecule has 1 atom stereocenters. The number of ether oxygens (including phenoxy) is 1. The largest absolute Gasteiger partial charge is 0.378 e. The Balaban J connectivity index is 2.26. The predicted octanol–water partition coefficient (Wildman–Crippen LogP) is 4.12. The van der Waals surface area contributed by atoms with E-state index in [4.69, 9.17) is 4.74 Å². The van der Waals surface area contributed by atoms with Gasteiger partial charge in [0.1, 0.15) is 0 Å². The first-order valence-corrected chi connectivity index (χ1v) is 7.31. The van der Waals surface area contributed by atoms with Crippen molar-refractivity contribution >= 4 is 27.3 Å². The van der Waals surface area contributed by atoms with Crippen molar-refractivity contribution in [2.45, 2.75) is 51.4 Å². The molecule has 1 aromatic rings. The van der Waals surface area contributed by atoms with E-state index in [1.165, 1.54) is 6.07 Å². The molecule has 20 heavy (non-hydrogen) atoms. The lowest BCUT2D eigenvalue weighted by molar-refractivity contribution is -0.384. The summed E-state index contributed by atoms with van der Waals surface area (Å²) in [6.45, 7) is 8.17. The van der Waals surface area contributed by atoms with Gasteiger partial charge in [0, 0.05) is 16.6 Å². The highest BCUT2D eigenvalue weighted by Crippen LogP contribution is 2.40. The summed E-state index contributed by atoms with van der Waals surface area (Å²) >= 11 is 3.43. The van der Waals surface area contributed by atoms with Gasteiger partial charge < -0.3 is 10.1 Å². The van der Waals surface area contributed by atoms with Crippen LogP contribution in [-0.4, -0.2) is 22.2 Å². The summed E-state index contributed by atoms with van der Waals surface area (Å²) in [6, 6.07) is 4.81. The van der Waals surface area contributed by atoms with Crippen LogP contribution in [0.25, 0.3) is 0 Å². The van der Waals surface area contributed by atoms with Gasteiger partial charge in [0.05, 0.1) is 27.9 Å². The molecule has 0 saturated carbocycles. The van der Waals surface area contributed by atoms with Crippen LogP contribution in [0.5, 0.6) is 0 Å². The lowest BCUT2D eigenvalue weighted by Gasteiger charge is -2.28. The van der Waals surface area contributed by atoms with Gasteiger partial charge in [0.25, 0.3) is 5.69 Å². The summed E-state index contributed by atoms with van der Waals surface area (Å²) in [5.41, 5.74) is 0.271. The molecule has 0 aliphatic carbocycles. The van der Waals surface area contributed by atoms with Gasteiger partial charge in [-0.3, -0.25) is 10.1 Å². The first-order chi connectivity index (χ1) is 9.11. The maximum Gasteiger partial charge on any atom is 0.271 e. The van der Waals surface area contributed by atoms with Gasteiger partial charge in [-0.15, -0.1) is 0 Å². The summed E-state index contributed by atoms with van der Waals surface area (Å²) in [4.78, 5) is 10.5. The lowest BCUT2D eigenvalue weighted by Crippen LogP contribution is -2.38. The third-order valence-corrected chi connectivity index (χ3v) is 4.26. The van der Waals surface area contributed by atoms with Crippen LogP contribution in [0.15, 0.2) is 22.7 Å². The second-order valence-electron chi connectivity index (χ2n) is 6.29. The normalized spacial score (nSPS) is 23.6. The molecule has 1 heterocycles. The molecule has 0 aromatic heterocycles. The predicted molar refractivity (Wildman–Crippen MR) is 82.1 cm³/mol. The van der Waals surface area contributed by atoms with Gasteiger partial charge in [-0.2, -0.15) is 0 Å². The Bertz CT molecular complexity index is 543. The molecular weight excluding hydrogens is 324 g/mol. The van der Waals surface area contributed by atoms with Crippen molar-refractivity contribution < 1.29 is 9.66 Å². The molecule has 1 aliphatic heterocycles. The van der Waals surface area contributed by atoms with E-state index in [1.54, 1.807) is 12.1 Å². The minimum absolute atomic E-state index is 0.0756. The van der Waals surface area contributed by atoms with Crippen molar-refractivity contribution in [2.24, 2.45) is 0 Å². The summed E-state index contributed by atoms with van der Waals surface area (Å²) in [5, 5.41) is 14.2. The van der Waals surface area contributed by atoms with Crippen LogP contribution in [0.4, 0.5) is 11.4 Å². The standard InChI is InChI=1S/C14H19BrN2O3/c1-13(2)8-12(14(3,4)20-13)16-11-7-9(17(18)19)5-6-10(11)15/h5-7,12,16H,8H2,1-4H3. The Morgan fingerprint density at radius 3 is 2.55 bits per heavy atom. The van der Waals surface area contributed by atoms with E-state index in [-0.39, 0.29) is 22.9 Å². The molecule has 2 rings (SSSR count). The SMILES string of the molecule is CC1(C)CC(Nc2cc([N+](=O)[O-])ccc2Br)C(C)(C)O1. The van der Waals surface area contributed by atoms with Gasteiger partial charge in [0.2, 0.25) is 0 Å². The molecule has 0 radical (unpaired) electrons. The number of hydrogen-bond donors (Lipinski definition) is 1. The molecule has 1 fully saturated rings. The number of hydrogen-bond acceptors (Lipinski definition) is 4. The molecular formula is C14H19BrN2O3. The van der Waals surface area contributed by atoms with E-state index >= 15 is 0 Å². The molecule has 0 spiro atoms. The van der Waals surface area contributed by atoms with Crippen molar-refractivity contribution in [1.82, 2.24) is 0 Å². The quantitative estimate of drug-likeness (QED) is 0.662. The minimum Gasteiger partial charge on any atom is -0.378 e. The number of anilines is 1. The summed E-state index contributed by atoms with van der Waals surface area (Å²) in [7, 11) is 0. The van der Waals surface area contributed by atoms with E-state index in [2.05, 4.69) is 35.1 Å². The molecule has 1 saturated heterocycles. The molecule has 0 bridgehead atoms. The van der Waals surface area contributed by atoms with Crippen molar-refractivity contribution in [1.29, 1.82) is 0 Å². The fourth-order valence-corrected chi connectivity index (χ4v) is 3.07. The number of halogens is 1. The maximum absolute atomic E-state index is 10.9. The van der Waals surface area contributed by atoms with Gasteiger partial charge in [-0.1, -0.05) is 0 Å². The Kier molecular flexibility index (Phi) is 3.81. The van der Waals surface area contributed by atoms with Crippen LogP contribution in [-0.2, 0) is 4.74 Å². The zero-order chi connectivity index (χ0) is 15.1. The maximum atomic E-state index is 10.9. The monoisotopic (exact) mass is 342 g/mol. The fourth-order valence-electron chi connectivity index (χ4n) is 2.71. The van der Waals surface area contributed by atoms with Crippen LogP contribution in [0.1, 0.15) is 34.1 Å².